The summed E-state index contributed by atoms with van der Waals surface area (Å²) < 4.78 is 24.4. The normalized spacial score (nSPS) is 10.7. The Bertz CT molecular complexity index is 623. The summed E-state index contributed by atoms with van der Waals surface area (Å²) in [4.78, 5) is 7.89. The molecule has 2 aromatic rings. The number of nitrogens with two attached hydrogens (primary N) is 1. The molecule has 0 aliphatic carbocycles. The van der Waals surface area contributed by atoms with Crippen molar-refractivity contribution in [1.29, 1.82) is 0 Å². The molecule has 0 saturated carbocycles. The summed E-state index contributed by atoms with van der Waals surface area (Å²) in [6.45, 7) is 3.72. The molecule has 0 atom stereocenters. The van der Waals surface area contributed by atoms with Crippen LogP contribution in [0.1, 0.15) is 13.8 Å². The van der Waals surface area contributed by atoms with Gasteiger partial charge in [0.05, 0.1) is 10.6 Å². The standard InChI is InChI=1S/C13H13BrFN3O2/c1-7(2)19-12-11(16)13(18-6-17-12)20-8-3-4-10(15)9(14)5-8/h3-7H,16H2,1-2H3. The zero-order valence-corrected chi connectivity index (χ0v) is 12.5. The lowest BCUT2D eigenvalue weighted by molar-refractivity contribution is 0.232. The molecule has 0 aliphatic heterocycles. The minimum atomic E-state index is -0.378. The van der Waals surface area contributed by atoms with Gasteiger partial charge >= 0.3 is 0 Å². The molecular weight excluding hydrogens is 329 g/mol. The van der Waals surface area contributed by atoms with Crippen LogP contribution in [0.5, 0.6) is 17.5 Å². The lowest BCUT2D eigenvalue weighted by Crippen LogP contribution is -2.10. The molecule has 0 amide bonds. The Balaban J connectivity index is 2.27. The van der Waals surface area contributed by atoms with Gasteiger partial charge < -0.3 is 15.2 Å². The average Bonchev–Trinajstić information content (AvgIpc) is 2.38. The number of hydrogen-bond donors (Lipinski definition) is 1. The van der Waals surface area contributed by atoms with E-state index in [-0.39, 0.29) is 29.4 Å². The summed E-state index contributed by atoms with van der Waals surface area (Å²) in [5, 5.41) is 0. The first-order chi connectivity index (χ1) is 9.47. The van der Waals surface area contributed by atoms with Crippen LogP contribution in [0.2, 0.25) is 0 Å². The van der Waals surface area contributed by atoms with E-state index in [1.807, 2.05) is 13.8 Å². The Kier molecular flexibility index (Phi) is 4.39. The van der Waals surface area contributed by atoms with Gasteiger partial charge in [-0.25, -0.2) is 4.39 Å². The molecule has 1 heterocycles. The number of rotatable bonds is 4. The monoisotopic (exact) mass is 341 g/mol. The Morgan fingerprint density at radius 3 is 2.60 bits per heavy atom. The van der Waals surface area contributed by atoms with Crippen molar-refractivity contribution in [3.05, 3.63) is 34.8 Å². The molecule has 2 rings (SSSR count). The van der Waals surface area contributed by atoms with Crippen molar-refractivity contribution in [1.82, 2.24) is 9.97 Å². The van der Waals surface area contributed by atoms with Crippen LogP contribution in [-0.2, 0) is 0 Å². The summed E-state index contributed by atoms with van der Waals surface area (Å²) in [6, 6.07) is 4.24. The van der Waals surface area contributed by atoms with Crippen molar-refractivity contribution in [2.75, 3.05) is 5.73 Å². The fraction of sp³-hybridized carbons (Fsp3) is 0.231. The summed E-state index contributed by atoms with van der Waals surface area (Å²) in [6.07, 6.45) is 1.22. The molecular formula is C13H13BrFN3O2. The maximum Gasteiger partial charge on any atom is 0.249 e. The predicted molar refractivity (Wildman–Crippen MR) is 76.4 cm³/mol. The third-order valence-electron chi connectivity index (χ3n) is 2.26. The van der Waals surface area contributed by atoms with E-state index in [0.29, 0.717) is 10.2 Å². The largest absolute Gasteiger partial charge is 0.473 e. The summed E-state index contributed by atoms with van der Waals surface area (Å²) in [5.74, 6) is 0.441. The van der Waals surface area contributed by atoms with Crippen LogP contribution < -0.4 is 15.2 Å². The maximum atomic E-state index is 13.2. The third kappa shape index (κ3) is 3.36. The Morgan fingerprint density at radius 1 is 1.25 bits per heavy atom. The van der Waals surface area contributed by atoms with E-state index in [0.717, 1.165) is 0 Å². The van der Waals surface area contributed by atoms with E-state index in [1.54, 1.807) is 0 Å². The van der Waals surface area contributed by atoms with Crippen LogP contribution in [0.4, 0.5) is 10.1 Å². The molecule has 7 heteroatoms. The minimum Gasteiger partial charge on any atom is -0.473 e. The van der Waals surface area contributed by atoms with Crippen molar-refractivity contribution in [3.8, 4) is 17.5 Å². The molecule has 0 unspecified atom stereocenters. The van der Waals surface area contributed by atoms with E-state index < -0.39 is 0 Å². The van der Waals surface area contributed by atoms with Crippen molar-refractivity contribution in [2.24, 2.45) is 0 Å². The Hall–Kier alpha value is -1.89. The van der Waals surface area contributed by atoms with E-state index >= 15 is 0 Å². The number of halogens is 2. The van der Waals surface area contributed by atoms with E-state index in [2.05, 4.69) is 25.9 Å². The van der Waals surface area contributed by atoms with Gasteiger partial charge in [0.1, 0.15) is 17.9 Å². The van der Waals surface area contributed by atoms with Gasteiger partial charge in [-0.05, 0) is 48.0 Å². The molecule has 0 fully saturated rings. The third-order valence-corrected chi connectivity index (χ3v) is 2.87. The van der Waals surface area contributed by atoms with Gasteiger partial charge in [0.2, 0.25) is 11.8 Å². The molecule has 0 aliphatic rings. The fourth-order valence-electron chi connectivity index (χ4n) is 1.41. The molecule has 0 bridgehead atoms. The second-order valence-corrected chi connectivity index (χ2v) is 5.10. The van der Waals surface area contributed by atoms with Crippen LogP contribution in [-0.4, -0.2) is 16.1 Å². The van der Waals surface area contributed by atoms with Crippen LogP contribution in [0, 0.1) is 5.82 Å². The number of benzene rings is 1. The summed E-state index contributed by atoms with van der Waals surface area (Å²) in [7, 11) is 0. The van der Waals surface area contributed by atoms with Crippen molar-refractivity contribution < 1.29 is 13.9 Å². The quantitative estimate of drug-likeness (QED) is 0.920. The van der Waals surface area contributed by atoms with Crippen molar-refractivity contribution in [3.63, 3.8) is 0 Å². The SMILES string of the molecule is CC(C)Oc1ncnc(Oc2ccc(F)c(Br)c2)c1N. The number of aromatic nitrogens is 2. The average molecular weight is 342 g/mol. The Morgan fingerprint density at radius 2 is 1.95 bits per heavy atom. The number of ether oxygens (including phenoxy) is 2. The summed E-state index contributed by atoms with van der Waals surface area (Å²) in [5.41, 5.74) is 6.08. The lowest BCUT2D eigenvalue weighted by Gasteiger charge is -2.13. The second-order valence-electron chi connectivity index (χ2n) is 4.24. The van der Waals surface area contributed by atoms with Gasteiger partial charge in [-0.2, -0.15) is 9.97 Å². The minimum absolute atomic E-state index is 0.0694. The maximum absolute atomic E-state index is 13.2. The first-order valence-corrected chi connectivity index (χ1v) is 6.66. The number of hydrogen-bond acceptors (Lipinski definition) is 5. The first kappa shape index (κ1) is 14.5. The molecule has 0 radical (unpaired) electrons. The zero-order valence-electron chi connectivity index (χ0n) is 10.9. The first-order valence-electron chi connectivity index (χ1n) is 5.87. The highest BCUT2D eigenvalue weighted by Gasteiger charge is 2.13. The van der Waals surface area contributed by atoms with Crippen LogP contribution in [0.25, 0.3) is 0 Å². The Labute approximate surface area is 124 Å². The van der Waals surface area contributed by atoms with Gasteiger partial charge in [-0.3, -0.25) is 0 Å². The molecule has 20 heavy (non-hydrogen) atoms. The van der Waals surface area contributed by atoms with Gasteiger partial charge in [-0.15, -0.1) is 0 Å². The molecule has 1 aromatic carbocycles. The van der Waals surface area contributed by atoms with Crippen molar-refractivity contribution in [2.45, 2.75) is 20.0 Å². The topological polar surface area (TPSA) is 70.3 Å². The lowest BCUT2D eigenvalue weighted by atomic mass is 10.3. The van der Waals surface area contributed by atoms with Crippen LogP contribution >= 0.6 is 15.9 Å². The molecule has 1 aromatic heterocycles. The van der Waals surface area contributed by atoms with E-state index in [9.17, 15) is 4.39 Å². The van der Waals surface area contributed by atoms with Gasteiger partial charge in [-0.1, -0.05) is 0 Å². The van der Waals surface area contributed by atoms with Gasteiger partial charge in [0.25, 0.3) is 0 Å². The van der Waals surface area contributed by atoms with Gasteiger partial charge in [0, 0.05) is 0 Å². The number of nitrogens with zero attached hydrogens (tertiary/aromatic N) is 2. The predicted octanol–water partition coefficient (Wildman–Crippen LogP) is 3.54. The van der Waals surface area contributed by atoms with E-state index in [4.69, 9.17) is 15.2 Å². The summed E-state index contributed by atoms with van der Waals surface area (Å²) >= 11 is 3.08. The zero-order chi connectivity index (χ0) is 14.7. The number of anilines is 1. The molecule has 0 saturated heterocycles. The molecule has 106 valence electrons. The molecule has 5 nitrogen and oxygen atoms in total. The smallest absolute Gasteiger partial charge is 0.249 e. The highest BCUT2D eigenvalue weighted by molar-refractivity contribution is 9.10. The van der Waals surface area contributed by atoms with Crippen molar-refractivity contribution >= 4 is 21.6 Å². The van der Waals surface area contributed by atoms with Crippen LogP contribution in [0.15, 0.2) is 29.0 Å². The fourth-order valence-corrected chi connectivity index (χ4v) is 1.77. The number of nitrogen functional groups attached to an aromatic ring is 1. The van der Waals surface area contributed by atoms with E-state index in [1.165, 1.54) is 24.5 Å². The van der Waals surface area contributed by atoms with Gasteiger partial charge in [0.15, 0.2) is 5.69 Å². The molecule has 2 N–H and O–H groups in total. The highest BCUT2D eigenvalue weighted by Crippen LogP contribution is 2.32. The van der Waals surface area contributed by atoms with Crippen LogP contribution in [0.3, 0.4) is 0 Å². The second kappa shape index (κ2) is 6.04. The molecule has 0 spiro atoms. The highest BCUT2D eigenvalue weighted by atomic mass is 79.9.